The fourth-order valence-corrected chi connectivity index (χ4v) is 9.41. The van der Waals surface area contributed by atoms with Crippen molar-refractivity contribution in [1.82, 2.24) is 0 Å². The maximum atomic E-state index is 14.6. The molecule has 2 aliphatic heterocycles. The van der Waals surface area contributed by atoms with Crippen LogP contribution in [0.4, 0.5) is 0 Å². The molecule has 0 saturated carbocycles. The van der Waals surface area contributed by atoms with Gasteiger partial charge in [0.25, 0.3) is 0 Å². The summed E-state index contributed by atoms with van der Waals surface area (Å²) < 4.78 is 69.6. The van der Waals surface area contributed by atoms with Crippen LogP contribution in [-0.2, 0) is 52.1 Å². The normalized spacial score (nSPS) is 21.3. The molecule has 2 saturated heterocycles. The van der Waals surface area contributed by atoms with Crippen LogP contribution in [-0.4, -0.2) is 122 Å². The zero-order valence-corrected chi connectivity index (χ0v) is 46.0. The Hall–Kier alpha value is -10.6. The van der Waals surface area contributed by atoms with Gasteiger partial charge in [-0.2, -0.15) is 0 Å². The van der Waals surface area contributed by atoms with Crippen LogP contribution in [0.5, 0.6) is 0 Å². The lowest BCUT2D eigenvalue weighted by molar-refractivity contribution is -0.373. The molecule has 0 spiro atoms. The van der Waals surface area contributed by atoms with Gasteiger partial charge < -0.3 is 52.1 Å². The average Bonchev–Trinajstić information content (AvgIpc) is 1.98. The van der Waals surface area contributed by atoms with Gasteiger partial charge in [-0.25, -0.2) is 38.4 Å². The minimum atomic E-state index is -2.14. The molecule has 440 valence electrons. The van der Waals surface area contributed by atoms with Gasteiger partial charge in [0, 0.05) is 0 Å². The van der Waals surface area contributed by atoms with Gasteiger partial charge in [-0.1, -0.05) is 146 Å². The van der Waals surface area contributed by atoms with Crippen LogP contribution in [0.1, 0.15) is 82.9 Å². The minimum absolute atomic E-state index is 0.00894. The van der Waals surface area contributed by atoms with Gasteiger partial charge >= 0.3 is 47.8 Å². The van der Waals surface area contributed by atoms with Crippen molar-refractivity contribution >= 4 is 47.8 Å². The minimum Gasteiger partial charge on any atom is -0.459 e. The van der Waals surface area contributed by atoms with E-state index in [1.54, 1.807) is 146 Å². The zero-order valence-electron chi connectivity index (χ0n) is 46.0. The number of hydrogen-bond acceptors (Lipinski definition) is 19. The molecule has 10 atom stereocenters. The number of carbonyl (C=O) groups is 8. The summed E-state index contributed by atoms with van der Waals surface area (Å²) in [7, 11) is 0. The standard InChI is InChI=1S/C68H54O19/c69-59(43-25-9-1-10-26-43)77-41-51-53(81-61(71)45-29-13-3-14-30-45)55(83-63(73)47-33-17-5-18-34-47)57(85-65(75)49-37-21-7-22-38-49)67(79-51)87-68-58(86-66(76)50-39-23-8-24-40-50)56(84-64(74)48-35-19-6-20-36-48)54(82-62(72)46-31-15-4-16-32-46)52(80-68)42-78-60(70)44-27-11-2-12-28-44/h1-40,51-58,67-68H,41-42H2/t51-,52-,53-,54-,55+,56+,57+,58+,67-,68+/m1/s1. The van der Waals surface area contributed by atoms with Crippen molar-refractivity contribution in [3.8, 4) is 0 Å². The van der Waals surface area contributed by atoms with Gasteiger partial charge in [0.05, 0.1) is 44.5 Å². The summed E-state index contributed by atoms with van der Waals surface area (Å²) in [5.41, 5.74) is 0.197. The summed E-state index contributed by atoms with van der Waals surface area (Å²) in [6.07, 6.45) is -19.3. The molecule has 8 aromatic carbocycles. The lowest BCUT2D eigenvalue weighted by Gasteiger charge is -2.48. The number of rotatable bonds is 20. The molecule has 8 aromatic rings. The van der Waals surface area contributed by atoms with Crippen molar-refractivity contribution in [2.24, 2.45) is 0 Å². The Morgan fingerprint density at radius 2 is 0.425 bits per heavy atom. The summed E-state index contributed by atoms with van der Waals surface area (Å²) in [5.74, 6) is -7.84. The van der Waals surface area contributed by atoms with Crippen molar-refractivity contribution in [2.75, 3.05) is 13.2 Å². The maximum Gasteiger partial charge on any atom is 0.338 e. The first-order chi connectivity index (χ1) is 42.5. The van der Waals surface area contributed by atoms with Crippen LogP contribution in [0.15, 0.2) is 243 Å². The quantitative estimate of drug-likeness (QED) is 0.0510. The fourth-order valence-electron chi connectivity index (χ4n) is 9.41. The van der Waals surface area contributed by atoms with E-state index in [0.717, 1.165) is 0 Å². The predicted octanol–water partition coefficient (Wildman–Crippen LogP) is 9.52. The highest BCUT2D eigenvalue weighted by Gasteiger charge is 2.59. The molecule has 87 heavy (non-hydrogen) atoms. The van der Waals surface area contributed by atoms with Crippen LogP contribution in [0.2, 0.25) is 0 Å². The van der Waals surface area contributed by atoms with Gasteiger partial charge in [0.15, 0.2) is 36.6 Å². The van der Waals surface area contributed by atoms with Crippen molar-refractivity contribution in [3.05, 3.63) is 287 Å². The first-order valence-electron chi connectivity index (χ1n) is 27.4. The fraction of sp³-hybridized carbons (Fsp3) is 0.176. The highest BCUT2D eigenvalue weighted by atomic mass is 16.8. The molecule has 10 rings (SSSR count). The van der Waals surface area contributed by atoms with Crippen molar-refractivity contribution in [1.29, 1.82) is 0 Å². The van der Waals surface area contributed by atoms with Crippen LogP contribution < -0.4 is 0 Å². The topological polar surface area (TPSA) is 238 Å². The Balaban J connectivity index is 1.13. The number of hydrogen-bond donors (Lipinski definition) is 0. The first-order valence-corrected chi connectivity index (χ1v) is 27.4. The van der Waals surface area contributed by atoms with E-state index < -0.39 is 122 Å². The number of esters is 8. The highest BCUT2D eigenvalue weighted by Crippen LogP contribution is 2.37. The third-order valence-electron chi connectivity index (χ3n) is 13.7. The molecule has 2 heterocycles. The second kappa shape index (κ2) is 28.8. The average molecular weight is 1180 g/mol. The lowest BCUT2D eigenvalue weighted by Crippen LogP contribution is -2.67. The largest absolute Gasteiger partial charge is 0.459 e. The van der Waals surface area contributed by atoms with E-state index in [-0.39, 0.29) is 44.5 Å². The van der Waals surface area contributed by atoms with Gasteiger partial charge in [0.1, 0.15) is 25.4 Å². The third kappa shape index (κ3) is 15.2. The van der Waals surface area contributed by atoms with Gasteiger partial charge in [-0.05, 0) is 97.1 Å². The molecule has 0 aromatic heterocycles. The van der Waals surface area contributed by atoms with E-state index in [4.69, 9.17) is 52.1 Å². The molecule has 0 aliphatic carbocycles. The third-order valence-corrected chi connectivity index (χ3v) is 13.7. The number of benzene rings is 8. The van der Waals surface area contributed by atoms with E-state index in [9.17, 15) is 38.4 Å². The van der Waals surface area contributed by atoms with Gasteiger partial charge in [0.2, 0.25) is 12.6 Å². The van der Waals surface area contributed by atoms with E-state index in [1.807, 2.05) is 0 Å². The van der Waals surface area contributed by atoms with Crippen molar-refractivity contribution in [3.63, 3.8) is 0 Å². The number of ether oxygens (including phenoxy) is 11. The Morgan fingerprint density at radius 1 is 0.241 bits per heavy atom. The molecule has 2 aliphatic rings. The predicted molar refractivity (Wildman–Crippen MR) is 306 cm³/mol. The summed E-state index contributed by atoms with van der Waals surface area (Å²) >= 11 is 0. The van der Waals surface area contributed by atoms with E-state index in [0.29, 0.717) is 0 Å². The summed E-state index contributed by atoms with van der Waals surface area (Å²) in [6, 6.07) is 61.7. The highest BCUT2D eigenvalue weighted by molar-refractivity contribution is 5.93. The monoisotopic (exact) mass is 1170 g/mol. The van der Waals surface area contributed by atoms with Crippen molar-refractivity contribution < 1.29 is 90.5 Å². The van der Waals surface area contributed by atoms with Gasteiger partial charge in [-0.3, -0.25) is 0 Å². The van der Waals surface area contributed by atoms with Crippen molar-refractivity contribution in [2.45, 2.75) is 61.4 Å². The Labute approximate surface area is 498 Å². The van der Waals surface area contributed by atoms with Crippen LogP contribution in [0.25, 0.3) is 0 Å². The van der Waals surface area contributed by atoms with E-state index in [2.05, 4.69) is 0 Å². The van der Waals surface area contributed by atoms with Crippen LogP contribution in [0.3, 0.4) is 0 Å². The molecular formula is C68H54O19. The molecular weight excluding hydrogens is 1120 g/mol. The molecule has 19 heteroatoms. The lowest BCUT2D eigenvalue weighted by atomic mass is 9.96. The van der Waals surface area contributed by atoms with Crippen LogP contribution >= 0.6 is 0 Å². The Bertz CT molecular complexity index is 3380. The molecule has 0 unspecified atom stereocenters. The second-order valence-electron chi connectivity index (χ2n) is 19.6. The number of carbonyl (C=O) groups excluding carboxylic acids is 8. The molecule has 2 fully saturated rings. The smallest absolute Gasteiger partial charge is 0.338 e. The molecule has 0 N–H and O–H groups in total. The van der Waals surface area contributed by atoms with E-state index >= 15 is 0 Å². The molecule has 0 amide bonds. The Kier molecular flexibility index (Phi) is 19.7. The Morgan fingerprint density at radius 3 is 0.644 bits per heavy atom. The summed E-state index contributed by atoms with van der Waals surface area (Å²) in [6.45, 7) is -1.55. The second-order valence-corrected chi connectivity index (χ2v) is 19.6. The first kappa shape index (κ1) is 59.6. The SMILES string of the molecule is O=C(OC[C@H]1O[C@@H](O[C@H]2O[C@H](COC(=O)c3ccccc3)[C@@H](OC(=O)c3ccccc3)[C@H](OC(=O)c3ccccc3)[C@@H]2OC(=O)c2ccccc2)[C@@H](OC(=O)c2ccccc2)[C@@H](OC(=O)c2ccccc2)[C@@H]1OC(=O)c1ccccc1)c1ccccc1. The van der Waals surface area contributed by atoms with Crippen LogP contribution in [0, 0.1) is 0 Å². The van der Waals surface area contributed by atoms with E-state index in [1.165, 1.54) is 97.1 Å². The van der Waals surface area contributed by atoms with Gasteiger partial charge in [-0.15, -0.1) is 0 Å². The maximum absolute atomic E-state index is 14.6. The molecule has 19 nitrogen and oxygen atoms in total. The molecule has 0 bridgehead atoms. The zero-order chi connectivity index (χ0) is 60.5. The molecule has 0 radical (unpaired) electrons. The summed E-state index contributed by atoms with van der Waals surface area (Å²) in [4.78, 5) is 115. The summed E-state index contributed by atoms with van der Waals surface area (Å²) in [5, 5.41) is 0.